The van der Waals surface area contributed by atoms with E-state index in [0.717, 1.165) is 12.1 Å². The summed E-state index contributed by atoms with van der Waals surface area (Å²) in [5.74, 6) is -0.272. The fraction of sp³-hybridized carbons (Fsp3) is 0.294. The predicted octanol–water partition coefficient (Wildman–Crippen LogP) is 4.37. The Morgan fingerprint density at radius 1 is 1.00 bits per heavy atom. The van der Waals surface area contributed by atoms with Gasteiger partial charge in [-0.2, -0.15) is 13.2 Å². The number of halogens is 3. The van der Waals surface area contributed by atoms with Crippen LogP contribution in [0, 0.1) is 0 Å². The van der Waals surface area contributed by atoms with Crippen molar-refractivity contribution in [3.8, 4) is 0 Å². The second kappa shape index (κ2) is 6.51. The topological polar surface area (TPSA) is 54.0 Å². The van der Waals surface area contributed by atoms with Gasteiger partial charge in [0.25, 0.3) is 5.91 Å². The molecular formula is C17H18F3N3O. The molecule has 0 saturated heterocycles. The normalized spacial score (nSPS) is 11.9. The van der Waals surface area contributed by atoms with Crippen molar-refractivity contribution in [1.29, 1.82) is 0 Å². The summed E-state index contributed by atoms with van der Waals surface area (Å²) in [6, 6.07) is 6.22. The first kappa shape index (κ1) is 17.8. The van der Waals surface area contributed by atoms with E-state index in [4.69, 9.17) is 0 Å². The van der Waals surface area contributed by atoms with Gasteiger partial charge in [-0.1, -0.05) is 0 Å². The Hall–Kier alpha value is -2.57. The Bertz CT molecular complexity index is 719. The fourth-order valence-corrected chi connectivity index (χ4v) is 1.95. The van der Waals surface area contributed by atoms with Crippen LogP contribution in [0.4, 0.5) is 24.5 Å². The summed E-state index contributed by atoms with van der Waals surface area (Å²) in [6.07, 6.45) is -1.45. The lowest BCUT2D eigenvalue weighted by Gasteiger charge is -2.20. The van der Waals surface area contributed by atoms with E-state index in [2.05, 4.69) is 15.6 Å². The Labute approximate surface area is 138 Å². The molecule has 0 aliphatic heterocycles. The molecule has 0 atom stereocenters. The summed E-state index contributed by atoms with van der Waals surface area (Å²) < 4.78 is 37.6. The van der Waals surface area contributed by atoms with E-state index in [0.29, 0.717) is 16.9 Å². The monoisotopic (exact) mass is 337 g/mol. The SMILES string of the molecule is CC(C)(C)NC(=O)c1cncc(Nc2ccc(C(F)(F)F)cc2)c1. The van der Waals surface area contributed by atoms with Gasteiger partial charge in [0, 0.05) is 17.4 Å². The molecular weight excluding hydrogens is 319 g/mol. The summed E-state index contributed by atoms with van der Waals surface area (Å²) in [4.78, 5) is 16.1. The zero-order valence-corrected chi connectivity index (χ0v) is 13.5. The number of amides is 1. The van der Waals surface area contributed by atoms with E-state index in [9.17, 15) is 18.0 Å². The highest BCUT2D eigenvalue weighted by atomic mass is 19.4. The average Bonchev–Trinajstić information content (AvgIpc) is 2.45. The number of nitrogens with zero attached hydrogens (tertiary/aromatic N) is 1. The van der Waals surface area contributed by atoms with Gasteiger partial charge in [-0.3, -0.25) is 9.78 Å². The van der Waals surface area contributed by atoms with Crippen LogP contribution >= 0.6 is 0 Å². The third-order valence-electron chi connectivity index (χ3n) is 2.99. The van der Waals surface area contributed by atoms with Gasteiger partial charge in [-0.05, 0) is 51.1 Å². The molecule has 0 saturated carbocycles. The molecule has 24 heavy (non-hydrogen) atoms. The number of pyridine rings is 1. The number of rotatable bonds is 3. The van der Waals surface area contributed by atoms with Crippen molar-refractivity contribution >= 4 is 17.3 Å². The molecule has 0 bridgehead atoms. The number of carbonyl (C=O) groups is 1. The highest BCUT2D eigenvalue weighted by Gasteiger charge is 2.29. The van der Waals surface area contributed by atoms with E-state index in [-0.39, 0.29) is 11.4 Å². The van der Waals surface area contributed by atoms with Gasteiger partial charge in [0.2, 0.25) is 0 Å². The van der Waals surface area contributed by atoms with Gasteiger partial charge >= 0.3 is 6.18 Å². The highest BCUT2D eigenvalue weighted by Crippen LogP contribution is 2.30. The van der Waals surface area contributed by atoms with Crippen LogP contribution in [0.25, 0.3) is 0 Å². The van der Waals surface area contributed by atoms with E-state index >= 15 is 0 Å². The predicted molar refractivity (Wildman–Crippen MR) is 86.2 cm³/mol. The number of aromatic nitrogens is 1. The summed E-state index contributed by atoms with van der Waals surface area (Å²) >= 11 is 0. The van der Waals surface area contributed by atoms with Crippen LogP contribution in [-0.4, -0.2) is 16.4 Å². The third kappa shape index (κ3) is 4.97. The minimum Gasteiger partial charge on any atom is -0.354 e. The van der Waals surface area contributed by atoms with Crippen LogP contribution in [0.15, 0.2) is 42.7 Å². The molecule has 0 spiro atoms. The van der Waals surface area contributed by atoms with E-state index in [1.54, 1.807) is 6.07 Å². The third-order valence-corrected chi connectivity index (χ3v) is 2.99. The van der Waals surface area contributed by atoms with Gasteiger partial charge in [0.15, 0.2) is 0 Å². The van der Waals surface area contributed by atoms with E-state index in [1.807, 2.05) is 20.8 Å². The second-order valence-electron chi connectivity index (χ2n) is 6.37. The number of benzene rings is 1. The maximum atomic E-state index is 12.5. The lowest BCUT2D eigenvalue weighted by Crippen LogP contribution is -2.40. The van der Waals surface area contributed by atoms with Crippen LogP contribution in [0.1, 0.15) is 36.7 Å². The maximum Gasteiger partial charge on any atom is 0.416 e. The Balaban J connectivity index is 2.13. The van der Waals surface area contributed by atoms with Crippen LogP contribution in [0.5, 0.6) is 0 Å². The summed E-state index contributed by atoms with van der Waals surface area (Å²) in [5, 5.41) is 5.75. The van der Waals surface area contributed by atoms with Crippen molar-refractivity contribution in [3.63, 3.8) is 0 Å². The molecule has 0 fully saturated rings. The summed E-state index contributed by atoms with van der Waals surface area (Å²) in [5.41, 5.74) is 0.245. The molecule has 2 rings (SSSR count). The fourth-order valence-electron chi connectivity index (χ4n) is 1.95. The first-order valence-electron chi connectivity index (χ1n) is 7.26. The number of carbonyl (C=O) groups excluding carboxylic acids is 1. The molecule has 4 nitrogen and oxygen atoms in total. The Morgan fingerprint density at radius 3 is 2.17 bits per heavy atom. The quantitative estimate of drug-likeness (QED) is 0.874. The number of hydrogen-bond acceptors (Lipinski definition) is 3. The smallest absolute Gasteiger partial charge is 0.354 e. The number of nitrogens with one attached hydrogen (secondary N) is 2. The molecule has 2 aromatic rings. The minimum absolute atomic E-state index is 0.272. The van der Waals surface area contributed by atoms with Gasteiger partial charge < -0.3 is 10.6 Å². The number of hydrogen-bond donors (Lipinski definition) is 2. The van der Waals surface area contributed by atoms with Crippen molar-refractivity contribution in [3.05, 3.63) is 53.9 Å². The van der Waals surface area contributed by atoms with Crippen molar-refractivity contribution < 1.29 is 18.0 Å². The van der Waals surface area contributed by atoms with Crippen molar-refractivity contribution in [2.24, 2.45) is 0 Å². The zero-order chi connectivity index (χ0) is 18.0. The van der Waals surface area contributed by atoms with E-state index in [1.165, 1.54) is 24.5 Å². The van der Waals surface area contributed by atoms with Crippen LogP contribution in [0.2, 0.25) is 0 Å². The molecule has 1 aromatic carbocycles. The van der Waals surface area contributed by atoms with E-state index < -0.39 is 11.7 Å². The van der Waals surface area contributed by atoms with Crippen LogP contribution in [-0.2, 0) is 6.18 Å². The zero-order valence-electron chi connectivity index (χ0n) is 13.5. The van der Waals surface area contributed by atoms with Crippen molar-refractivity contribution in [2.75, 3.05) is 5.32 Å². The van der Waals surface area contributed by atoms with Gasteiger partial charge in [0.1, 0.15) is 0 Å². The Morgan fingerprint density at radius 2 is 1.62 bits per heavy atom. The largest absolute Gasteiger partial charge is 0.416 e. The standard InChI is InChI=1S/C17H18F3N3O/c1-16(2,3)23-15(24)11-8-14(10-21-9-11)22-13-6-4-12(5-7-13)17(18,19)20/h4-10,22H,1-3H3,(H,23,24). The summed E-state index contributed by atoms with van der Waals surface area (Å²) in [7, 11) is 0. The number of anilines is 2. The van der Waals surface area contributed by atoms with Gasteiger partial charge in [0.05, 0.1) is 23.0 Å². The molecule has 2 N–H and O–H groups in total. The average molecular weight is 337 g/mol. The lowest BCUT2D eigenvalue weighted by molar-refractivity contribution is -0.137. The second-order valence-corrected chi connectivity index (χ2v) is 6.37. The molecule has 0 aliphatic rings. The molecule has 0 aliphatic carbocycles. The van der Waals surface area contributed by atoms with Gasteiger partial charge in [-0.15, -0.1) is 0 Å². The summed E-state index contributed by atoms with van der Waals surface area (Å²) in [6.45, 7) is 5.59. The number of alkyl halides is 3. The maximum absolute atomic E-state index is 12.5. The first-order chi connectivity index (χ1) is 11.0. The van der Waals surface area contributed by atoms with Crippen molar-refractivity contribution in [1.82, 2.24) is 10.3 Å². The molecule has 1 amide bonds. The van der Waals surface area contributed by atoms with Gasteiger partial charge in [-0.25, -0.2) is 0 Å². The first-order valence-corrected chi connectivity index (χ1v) is 7.26. The molecule has 7 heteroatoms. The molecule has 1 aromatic heterocycles. The molecule has 128 valence electrons. The van der Waals surface area contributed by atoms with Crippen molar-refractivity contribution in [2.45, 2.75) is 32.5 Å². The van der Waals surface area contributed by atoms with Crippen LogP contribution < -0.4 is 10.6 Å². The highest BCUT2D eigenvalue weighted by molar-refractivity contribution is 5.95. The molecule has 1 heterocycles. The molecule has 0 radical (unpaired) electrons. The minimum atomic E-state index is -4.37. The lowest BCUT2D eigenvalue weighted by atomic mass is 10.1. The Kier molecular flexibility index (Phi) is 4.82. The van der Waals surface area contributed by atoms with Crippen LogP contribution in [0.3, 0.4) is 0 Å². The molecule has 0 unspecified atom stereocenters.